The van der Waals surface area contributed by atoms with Gasteiger partial charge in [0, 0.05) is 6.20 Å². The average Bonchev–Trinajstić information content (AvgIpc) is 2.14. The Kier molecular flexibility index (Phi) is 3.29. The molecule has 0 aliphatic heterocycles. The molecule has 0 saturated heterocycles. The van der Waals surface area contributed by atoms with Crippen LogP contribution >= 0.6 is 0 Å². The van der Waals surface area contributed by atoms with Gasteiger partial charge in [0.05, 0.1) is 12.8 Å². The molecule has 0 bridgehead atoms. The van der Waals surface area contributed by atoms with Crippen LogP contribution in [0.3, 0.4) is 0 Å². The molecule has 0 aliphatic carbocycles. The molecule has 0 atom stereocenters. The van der Waals surface area contributed by atoms with Crippen LogP contribution < -0.4 is 4.74 Å². The molecule has 0 fully saturated rings. The molecule has 0 amide bonds. The Morgan fingerprint density at radius 2 is 2.14 bits per heavy atom. The summed E-state index contributed by atoms with van der Waals surface area (Å²) in [6.07, 6.45) is -2.46. The molecular formula is C8H8F3NO2. The molecule has 3 nitrogen and oxygen atoms in total. The summed E-state index contributed by atoms with van der Waals surface area (Å²) in [7, 11) is 0. The number of ether oxygens (including phenoxy) is 1. The van der Waals surface area contributed by atoms with Crippen molar-refractivity contribution in [2.75, 3.05) is 13.2 Å². The average molecular weight is 207 g/mol. The van der Waals surface area contributed by atoms with Crippen molar-refractivity contribution in [1.29, 1.82) is 0 Å². The highest BCUT2D eigenvalue weighted by Crippen LogP contribution is 2.35. The van der Waals surface area contributed by atoms with E-state index in [2.05, 4.69) is 9.72 Å². The van der Waals surface area contributed by atoms with Crippen LogP contribution in [0.4, 0.5) is 13.2 Å². The van der Waals surface area contributed by atoms with Crippen LogP contribution in [0, 0.1) is 0 Å². The van der Waals surface area contributed by atoms with Gasteiger partial charge in [0.1, 0.15) is 17.9 Å². The Bertz CT molecular complexity index is 301. The van der Waals surface area contributed by atoms with Crippen molar-refractivity contribution in [1.82, 2.24) is 4.98 Å². The first-order valence-corrected chi connectivity index (χ1v) is 3.80. The normalized spacial score (nSPS) is 11.4. The van der Waals surface area contributed by atoms with Crippen molar-refractivity contribution in [2.24, 2.45) is 0 Å². The number of alkyl halides is 3. The van der Waals surface area contributed by atoms with E-state index in [1.807, 2.05) is 0 Å². The van der Waals surface area contributed by atoms with Crippen LogP contribution in [0.2, 0.25) is 0 Å². The van der Waals surface area contributed by atoms with E-state index in [9.17, 15) is 13.2 Å². The second-order valence-electron chi connectivity index (χ2n) is 2.44. The third kappa shape index (κ3) is 2.59. The molecule has 1 heterocycles. The second kappa shape index (κ2) is 4.28. The van der Waals surface area contributed by atoms with E-state index in [1.54, 1.807) is 0 Å². The van der Waals surface area contributed by atoms with E-state index < -0.39 is 11.7 Å². The van der Waals surface area contributed by atoms with E-state index in [0.29, 0.717) is 0 Å². The molecule has 78 valence electrons. The molecule has 1 aromatic rings. The highest BCUT2D eigenvalue weighted by Gasteiger charge is 2.34. The van der Waals surface area contributed by atoms with E-state index in [-0.39, 0.29) is 19.0 Å². The van der Waals surface area contributed by atoms with Gasteiger partial charge < -0.3 is 9.84 Å². The summed E-state index contributed by atoms with van der Waals surface area (Å²) in [5.74, 6) is -0.367. The van der Waals surface area contributed by atoms with Gasteiger partial charge >= 0.3 is 6.18 Å². The minimum atomic E-state index is -4.46. The fourth-order valence-corrected chi connectivity index (χ4v) is 0.885. The molecule has 0 aromatic carbocycles. The quantitative estimate of drug-likeness (QED) is 0.816. The maximum atomic E-state index is 12.3. The zero-order chi connectivity index (χ0) is 10.6. The minimum Gasteiger partial charge on any atom is -0.489 e. The number of nitrogens with zero attached hydrogens (tertiary/aromatic N) is 1. The Morgan fingerprint density at radius 3 is 2.71 bits per heavy atom. The van der Waals surface area contributed by atoms with Gasteiger partial charge in [-0.3, -0.25) is 4.98 Å². The Morgan fingerprint density at radius 1 is 1.43 bits per heavy atom. The van der Waals surface area contributed by atoms with Gasteiger partial charge in [0.2, 0.25) is 0 Å². The van der Waals surface area contributed by atoms with Crippen molar-refractivity contribution in [3.05, 3.63) is 24.0 Å². The van der Waals surface area contributed by atoms with Gasteiger partial charge in [-0.05, 0) is 6.07 Å². The molecular weight excluding hydrogens is 199 g/mol. The lowest BCUT2D eigenvalue weighted by Crippen LogP contribution is -2.10. The largest absolute Gasteiger partial charge is 0.489 e. The molecule has 0 unspecified atom stereocenters. The van der Waals surface area contributed by atoms with E-state index in [1.165, 1.54) is 0 Å². The summed E-state index contributed by atoms with van der Waals surface area (Å²) in [5.41, 5.74) is -0.888. The molecule has 0 saturated carbocycles. The van der Waals surface area contributed by atoms with Crippen LogP contribution in [-0.4, -0.2) is 23.3 Å². The lowest BCUT2D eigenvalue weighted by molar-refractivity contribution is -0.139. The van der Waals surface area contributed by atoms with Gasteiger partial charge in [0.15, 0.2) is 0 Å². The first-order valence-electron chi connectivity index (χ1n) is 3.80. The lowest BCUT2D eigenvalue weighted by Gasteiger charge is -2.11. The summed E-state index contributed by atoms with van der Waals surface area (Å²) in [6.45, 7) is -0.527. The zero-order valence-corrected chi connectivity index (χ0v) is 7.08. The third-order valence-electron chi connectivity index (χ3n) is 1.44. The molecule has 6 heteroatoms. The number of rotatable bonds is 3. The third-order valence-corrected chi connectivity index (χ3v) is 1.44. The SMILES string of the molecule is OCCOc1cnccc1C(F)(F)F. The lowest BCUT2D eigenvalue weighted by atomic mass is 10.2. The number of aromatic nitrogens is 1. The smallest absolute Gasteiger partial charge is 0.420 e. The molecule has 0 spiro atoms. The summed E-state index contributed by atoms with van der Waals surface area (Å²) >= 11 is 0. The summed E-state index contributed by atoms with van der Waals surface area (Å²) in [6, 6.07) is 0.826. The van der Waals surface area contributed by atoms with Crippen LogP contribution in [0.5, 0.6) is 5.75 Å². The van der Waals surface area contributed by atoms with Gasteiger partial charge in [0.25, 0.3) is 0 Å². The summed E-state index contributed by atoms with van der Waals surface area (Å²) < 4.78 is 41.6. The first-order chi connectivity index (χ1) is 6.55. The highest BCUT2D eigenvalue weighted by atomic mass is 19.4. The highest BCUT2D eigenvalue weighted by molar-refractivity contribution is 5.32. The molecule has 1 N–H and O–H groups in total. The monoisotopic (exact) mass is 207 g/mol. The standard InChI is InChI=1S/C8H8F3NO2/c9-8(10,11)6-1-2-12-5-7(6)14-4-3-13/h1-2,5,13H,3-4H2. The van der Waals surface area contributed by atoms with Crippen molar-refractivity contribution in [3.8, 4) is 5.75 Å². The van der Waals surface area contributed by atoms with Crippen molar-refractivity contribution < 1.29 is 23.0 Å². The van der Waals surface area contributed by atoms with E-state index in [4.69, 9.17) is 5.11 Å². The predicted molar refractivity (Wildman–Crippen MR) is 41.8 cm³/mol. The number of pyridine rings is 1. The first kappa shape index (κ1) is 10.8. The Balaban J connectivity index is 2.92. The van der Waals surface area contributed by atoms with E-state index in [0.717, 1.165) is 18.5 Å². The number of aliphatic hydroxyl groups excluding tert-OH is 1. The number of halogens is 3. The van der Waals surface area contributed by atoms with Gasteiger partial charge in [-0.25, -0.2) is 0 Å². The number of aliphatic hydroxyl groups is 1. The molecule has 1 aromatic heterocycles. The molecule has 0 aliphatic rings. The summed E-state index contributed by atoms with van der Waals surface area (Å²) in [4.78, 5) is 3.51. The Hall–Kier alpha value is -1.30. The van der Waals surface area contributed by atoms with Crippen LogP contribution in [0.15, 0.2) is 18.5 Å². The molecule has 0 radical (unpaired) electrons. The fraction of sp³-hybridized carbons (Fsp3) is 0.375. The van der Waals surface area contributed by atoms with Gasteiger partial charge in [-0.15, -0.1) is 0 Å². The van der Waals surface area contributed by atoms with Crippen molar-refractivity contribution in [3.63, 3.8) is 0 Å². The van der Waals surface area contributed by atoms with Crippen LogP contribution in [0.1, 0.15) is 5.56 Å². The Labute approximate surface area is 78.2 Å². The topological polar surface area (TPSA) is 42.4 Å². The number of hydrogen-bond acceptors (Lipinski definition) is 3. The molecule has 1 rings (SSSR count). The van der Waals surface area contributed by atoms with Crippen LogP contribution in [-0.2, 0) is 6.18 Å². The van der Waals surface area contributed by atoms with Crippen molar-refractivity contribution >= 4 is 0 Å². The maximum absolute atomic E-state index is 12.3. The number of hydrogen-bond donors (Lipinski definition) is 1. The maximum Gasteiger partial charge on any atom is 0.420 e. The predicted octanol–water partition coefficient (Wildman–Crippen LogP) is 1.47. The van der Waals surface area contributed by atoms with Gasteiger partial charge in [-0.1, -0.05) is 0 Å². The van der Waals surface area contributed by atoms with E-state index >= 15 is 0 Å². The minimum absolute atomic E-state index is 0.186. The summed E-state index contributed by atoms with van der Waals surface area (Å²) in [5, 5.41) is 8.39. The van der Waals surface area contributed by atoms with Crippen LogP contribution in [0.25, 0.3) is 0 Å². The second-order valence-corrected chi connectivity index (χ2v) is 2.44. The molecule has 14 heavy (non-hydrogen) atoms. The fourth-order valence-electron chi connectivity index (χ4n) is 0.885. The van der Waals surface area contributed by atoms with Gasteiger partial charge in [-0.2, -0.15) is 13.2 Å². The zero-order valence-electron chi connectivity index (χ0n) is 7.08. The van der Waals surface area contributed by atoms with Crippen molar-refractivity contribution in [2.45, 2.75) is 6.18 Å².